The summed E-state index contributed by atoms with van der Waals surface area (Å²) in [5.74, 6) is -0.0785. The molecule has 106 valence electrons. The molecule has 0 bridgehead atoms. The highest BCUT2D eigenvalue weighted by Crippen LogP contribution is 2.19. The Labute approximate surface area is 116 Å². The van der Waals surface area contributed by atoms with E-state index in [-0.39, 0.29) is 5.97 Å². The van der Waals surface area contributed by atoms with Crippen LogP contribution >= 0.6 is 0 Å². The number of ether oxygens (including phenoxy) is 1. The average Bonchev–Trinajstić information content (AvgIpc) is 2.36. The van der Waals surface area contributed by atoms with Gasteiger partial charge in [0.25, 0.3) is 0 Å². The molecule has 0 heterocycles. The smallest absolute Gasteiger partial charge is 0.305 e. The van der Waals surface area contributed by atoms with Crippen LogP contribution in [0.4, 0.5) is 5.69 Å². The lowest BCUT2D eigenvalue weighted by Gasteiger charge is -2.12. The number of rotatable bonds is 8. The summed E-state index contributed by atoms with van der Waals surface area (Å²) in [6, 6.07) is 6.32. The summed E-state index contributed by atoms with van der Waals surface area (Å²) in [5, 5.41) is 3.48. The zero-order valence-electron chi connectivity index (χ0n) is 12.3. The largest absolute Gasteiger partial charge is 0.466 e. The number of aryl methyl sites for hydroxylation is 2. The fraction of sp³-hybridized carbons (Fsp3) is 0.562. The van der Waals surface area contributed by atoms with Crippen molar-refractivity contribution in [1.82, 2.24) is 0 Å². The molecule has 0 atom stereocenters. The third kappa shape index (κ3) is 5.77. The lowest BCUT2D eigenvalue weighted by molar-refractivity contribution is -0.143. The van der Waals surface area contributed by atoms with Gasteiger partial charge in [0.05, 0.1) is 6.61 Å². The van der Waals surface area contributed by atoms with E-state index >= 15 is 0 Å². The molecule has 0 spiro atoms. The third-order valence-electron chi connectivity index (χ3n) is 3.15. The molecule has 1 aromatic rings. The molecular weight excluding hydrogens is 238 g/mol. The third-order valence-corrected chi connectivity index (χ3v) is 3.15. The second-order valence-corrected chi connectivity index (χ2v) is 4.81. The first-order valence-corrected chi connectivity index (χ1v) is 7.11. The van der Waals surface area contributed by atoms with Crippen LogP contribution in [0.25, 0.3) is 0 Å². The number of unbranched alkanes of at least 4 members (excludes halogenated alkanes) is 2. The number of benzene rings is 1. The van der Waals surface area contributed by atoms with E-state index in [1.54, 1.807) is 0 Å². The Bertz CT molecular complexity index is 381. The Hall–Kier alpha value is -1.51. The van der Waals surface area contributed by atoms with Gasteiger partial charge in [-0.3, -0.25) is 4.79 Å². The Morgan fingerprint density at radius 3 is 2.47 bits per heavy atom. The maximum atomic E-state index is 11.1. The molecule has 1 rings (SSSR count). The Kier molecular flexibility index (Phi) is 7.01. The van der Waals surface area contributed by atoms with Crippen LogP contribution in [0.5, 0.6) is 0 Å². The SMILES string of the molecule is CCOC(=O)CCCCCNc1c(C)cccc1C. The van der Waals surface area contributed by atoms with Crippen molar-refractivity contribution in [2.24, 2.45) is 0 Å². The molecule has 0 aromatic heterocycles. The maximum Gasteiger partial charge on any atom is 0.305 e. The molecule has 0 fully saturated rings. The van der Waals surface area contributed by atoms with Crippen molar-refractivity contribution in [2.75, 3.05) is 18.5 Å². The summed E-state index contributed by atoms with van der Waals surface area (Å²) in [5.41, 5.74) is 3.81. The van der Waals surface area contributed by atoms with Crippen molar-refractivity contribution >= 4 is 11.7 Å². The molecule has 0 radical (unpaired) electrons. The minimum absolute atomic E-state index is 0.0785. The van der Waals surface area contributed by atoms with Gasteiger partial charge in [0.1, 0.15) is 0 Å². The number of esters is 1. The van der Waals surface area contributed by atoms with Gasteiger partial charge < -0.3 is 10.1 Å². The molecule has 0 saturated heterocycles. The molecule has 0 aliphatic rings. The summed E-state index contributed by atoms with van der Waals surface area (Å²) >= 11 is 0. The standard InChI is InChI=1S/C16H25NO2/c1-4-19-15(18)11-6-5-7-12-17-16-13(2)9-8-10-14(16)3/h8-10,17H,4-7,11-12H2,1-3H3. The van der Waals surface area contributed by atoms with Gasteiger partial charge in [-0.15, -0.1) is 0 Å². The van der Waals surface area contributed by atoms with Gasteiger partial charge in [-0.2, -0.15) is 0 Å². The summed E-state index contributed by atoms with van der Waals surface area (Å²) in [6.07, 6.45) is 3.58. The summed E-state index contributed by atoms with van der Waals surface area (Å²) in [6.45, 7) is 7.51. The number of nitrogens with one attached hydrogen (secondary N) is 1. The van der Waals surface area contributed by atoms with E-state index in [0.29, 0.717) is 13.0 Å². The first kappa shape index (κ1) is 15.5. The van der Waals surface area contributed by atoms with Crippen LogP contribution < -0.4 is 5.32 Å². The quantitative estimate of drug-likeness (QED) is 0.572. The second-order valence-electron chi connectivity index (χ2n) is 4.81. The van der Waals surface area contributed by atoms with Crippen molar-refractivity contribution in [3.05, 3.63) is 29.3 Å². The van der Waals surface area contributed by atoms with Gasteiger partial charge in [-0.25, -0.2) is 0 Å². The maximum absolute atomic E-state index is 11.1. The Morgan fingerprint density at radius 2 is 1.84 bits per heavy atom. The number of para-hydroxylation sites is 1. The van der Waals surface area contributed by atoms with Crippen LogP contribution in [0.3, 0.4) is 0 Å². The van der Waals surface area contributed by atoms with Crippen LogP contribution in [-0.2, 0) is 9.53 Å². The molecule has 0 unspecified atom stereocenters. The lowest BCUT2D eigenvalue weighted by atomic mass is 10.1. The van der Waals surface area contributed by atoms with E-state index < -0.39 is 0 Å². The van der Waals surface area contributed by atoms with Gasteiger partial charge in [0.15, 0.2) is 0 Å². The first-order chi connectivity index (χ1) is 9.15. The number of carbonyl (C=O) groups excluding carboxylic acids is 1. The highest BCUT2D eigenvalue weighted by atomic mass is 16.5. The number of hydrogen-bond donors (Lipinski definition) is 1. The number of anilines is 1. The molecule has 1 aromatic carbocycles. The molecule has 0 aliphatic carbocycles. The molecule has 19 heavy (non-hydrogen) atoms. The van der Waals surface area contributed by atoms with Crippen molar-refractivity contribution in [2.45, 2.75) is 46.5 Å². The van der Waals surface area contributed by atoms with Crippen molar-refractivity contribution in [3.8, 4) is 0 Å². The second kappa shape index (κ2) is 8.57. The van der Waals surface area contributed by atoms with E-state index in [1.165, 1.54) is 16.8 Å². The molecule has 0 amide bonds. The molecule has 0 aliphatic heterocycles. The Balaban J connectivity index is 2.16. The topological polar surface area (TPSA) is 38.3 Å². The van der Waals surface area contributed by atoms with E-state index in [1.807, 2.05) is 6.92 Å². The van der Waals surface area contributed by atoms with Gasteiger partial charge in [0, 0.05) is 18.7 Å². The van der Waals surface area contributed by atoms with Crippen LogP contribution in [0.15, 0.2) is 18.2 Å². The monoisotopic (exact) mass is 263 g/mol. The van der Waals surface area contributed by atoms with E-state index in [4.69, 9.17) is 4.74 Å². The molecular formula is C16H25NO2. The minimum atomic E-state index is -0.0785. The molecule has 3 nitrogen and oxygen atoms in total. The van der Waals surface area contributed by atoms with Crippen LogP contribution in [0.1, 0.15) is 43.7 Å². The van der Waals surface area contributed by atoms with Crippen LogP contribution in [0.2, 0.25) is 0 Å². The Morgan fingerprint density at radius 1 is 1.16 bits per heavy atom. The summed E-state index contributed by atoms with van der Waals surface area (Å²) < 4.78 is 4.89. The highest BCUT2D eigenvalue weighted by molar-refractivity contribution is 5.69. The van der Waals surface area contributed by atoms with Gasteiger partial charge in [-0.1, -0.05) is 24.6 Å². The van der Waals surface area contributed by atoms with Gasteiger partial charge >= 0.3 is 5.97 Å². The van der Waals surface area contributed by atoms with Crippen molar-refractivity contribution in [1.29, 1.82) is 0 Å². The van der Waals surface area contributed by atoms with E-state index in [9.17, 15) is 4.79 Å². The summed E-state index contributed by atoms with van der Waals surface area (Å²) in [4.78, 5) is 11.1. The summed E-state index contributed by atoms with van der Waals surface area (Å²) in [7, 11) is 0. The zero-order chi connectivity index (χ0) is 14.1. The fourth-order valence-corrected chi connectivity index (χ4v) is 2.11. The molecule has 3 heteroatoms. The van der Waals surface area contributed by atoms with Crippen LogP contribution in [0, 0.1) is 13.8 Å². The lowest BCUT2D eigenvalue weighted by Crippen LogP contribution is -2.06. The van der Waals surface area contributed by atoms with Crippen molar-refractivity contribution in [3.63, 3.8) is 0 Å². The highest BCUT2D eigenvalue weighted by Gasteiger charge is 2.02. The molecule has 1 N–H and O–H groups in total. The van der Waals surface area contributed by atoms with E-state index in [2.05, 4.69) is 37.4 Å². The van der Waals surface area contributed by atoms with Crippen LogP contribution in [-0.4, -0.2) is 19.1 Å². The van der Waals surface area contributed by atoms with Gasteiger partial charge in [-0.05, 0) is 44.7 Å². The fourth-order valence-electron chi connectivity index (χ4n) is 2.11. The normalized spacial score (nSPS) is 10.3. The average molecular weight is 263 g/mol. The van der Waals surface area contributed by atoms with E-state index in [0.717, 1.165) is 25.8 Å². The molecule has 0 saturated carbocycles. The zero-order valence-corrected chi connectivity index (χ0v) is 12.3. The van der Waals surface area contributed by atoms with Gasteiger partial charge in [0.2, 0.25) is 0 Å². The predicted octanol–water partition coefficient (Wildman–Crippen LogP) is 3.84. The predicted molar refractivity (Wildman–Crippen MR) is 79.5 cm³/mol. The number of carbonyl (C=O) groups is 1. The van der Waals surface area contributed by atoms with Crippen molar-refractivity contribution < 1.29 is 9.53 Å². The minimum Gasteiger partial charge on any atom is -0.466 e. The first-order valence-electron chi connectivity index (χ1n) is 7.11. The number of hydrogen-bond acceptors (Lipinski definition) is 3.